The first-order valence-corrected chi connectivity index (χ1v) is 10.8. The molecule has 7 nitrogen and oxygen atoms in total. The molecule has 0 aliphatic rings. The topological polar surface area (TPSA) is 86.4 Å². The maximum Gasteiger partial charge on any atom is 0.420 e. The van der Waals surface area contributed by atoms with E-state index in [2.05, 4.69) is 11.1 Å². The number of benzene rings is 3. The van der Waals surface area contributed by atoms with Crippen molar-refractivity contribution >= 4 is 28.8 Å². The Labute approximate surface area is 197 Å². The predicted octanol–water partition coefficient (Wildman–Crippen LogP) is 5.69. The molecule has 0 atom stereocenters. The third-order valence-electron chi connectivity index (χ3n) is 5.11. The number of ether oxygens (including phenoxy) is 3. The molecule has 1 aromatic heterocycles. The van der Waals surface area contributed by atoms with Crippen LogP contribution in [0.5, 0.6) is 11.5 Å². The van der Waals surface area contributed by atoms with Crippen molar-refractivity contribution in [2.24, 2.45) is 0 Å². The highest BCUT2D eigenvalue weighted by Crippen LogP contribution is 2.31. The number of aromatic nitrogens is 2. The summed E-state index contributed by atoms with van der Waals surface area (Å²) < 4.78 is 17.9. The first-order valence-electron chi connectivity index (χ1n) is 10.8. The van der Waals surface area contributed by atoms with Gasteiger partial charge < -0.3 is 14.2 Å². The first kappa shape index (κ1) is 22.6. The lowest BCUT2D eigenvalue weighted by atomic mass is 10.1. The summed E-state index contributed by atoms with van der Waals surface area (Å²) in [5.41, 5.74) is 3.11. The van der Waals surface area contributed by atoms with Gasteiger partial charge in [0.1, 0.15) is 12.7 Å². The number of hydrogen-bond donors (Lipinski definition) is 0. The van der Waals surface area contributed by atoms with Gasteiger partial charge in [0.2, 0.25) is 0 Å². The molecule has 7 heteroatoms. The fourth-order valence-electron chi connectivity index (χ4n) is 3.52. The molecule has 3 aromatic carbocycles. The van der Waals surface area contributed by atoms with Gasteiger partial charge in [-0.25, -0.2) is 14.3 Å². The third kappa shape index (κ3) is 4.76. The van der Waals surface area contributed by atoms with Crippen LogP contribution in [0.2, 0.25) is 0 Å². The molecule has 0 unspecified atom stereocenters. The van der Waals surface area contributed by atoms with Gasteiger partial charge in [-0.1, -0.05) is 48.5 Å². The fraction of sp³-hybridized carbons (Fsp3) is 0.148. The molecule has 4 rings (SSSR count). The minimum atomic E-state index is -0.588. The lowest BCUT2D eigenvalue weighted by Gasteiger charge is -2.12. The summed E-state index contributed by atoms with van der Waals surface area (Å²) in [5.74, 6) is 1.33. The van der Waals surface area contributed by atoms with Crippen molar-refractivity contribution in [1.82, 2.24) is 9.55 Å². The van der Waals surface area contributed by atoms with Crippen molar-refractivity contribution in [3.63, 3.8) is 0 Å². The smallest absolute Gasteiger partial charge is 0.420 e. The van der Waals surface area contributed by atoms with Crippen LogP contribution in [0.1, 0.15) is 23.9 Å². The predicted molar refractivity (Wildman–Crippen MR) is 129 cm³/mol. The van der Waals surface area contributed by atoms with Crippen LogP contribution in [0.3, 0.4) is 0 Å². The van der Waals surface area contributed by atoms with Gasteiger partial charge in [0, 0.05) is 0 Å². The average molecular weight is 453 g/mol. The van der Waals surface area contributed by atoms with Crippen molar-refractivity contribution in [1.29, 1.82) is 5.26 Å². The molecule has 0 N–H and O–H groups in total. The second-order valence-electron chi connectivity index (χ2n) is 7.31. The van der Waals surface area contributed by atoms with Crippen LogP contribution in [0.4, 0.5) is 4.79 Å². The van der Waals surface area contributed by atoms with E-state index in [1.165, 1.54) is 4.57 Å². The lowest BCUT2D eigenvalue weighted by Crippen LogP contribution is -2.16. The maximum atomic E-state index is 12.7. The molecular formula is C27H23N3O4. The number of fused-ring (bicyclic) bond motifs is 1. The molecule has 1 heterocycles. The zero-order chi connectivity index (χ0) is 23.9. The van der Waals surface area contributed by atoms with Crippen LogP contribution >= 0.6 is 0 Å². The molecular weight excluding hydrogens is 430 g/mol. The molecule has 170 valence electrons. The van der Waals surface area contributed by atoms with Crippen molar-refractivity contribution in [2.45, 2.75) is 13.5 Å². The van der Waals surface area contributed by atoms with E-state index in [1.807, 2.05) is 42.5 Å². The minimum absolute atomic E-state index is 0.206. The average Bonchev–Trinajstić information content (AvgIpc) is 3.26. The van der Waals surface area contributed by atoms with Gasteiger partial charge in [0.15, 0.2) is 17.3 Å². The number of imidazole rings is 1. The summed E-state index contributed by atoms with van der Waals surface area (Å²) in [5, 5.41) is 9.91. The van der Waals surface area contributed by atoms with Crippen LogP contribution in [0.15, 0.2) is 72.8 Å². The van der Waals surface area contributed by atoms with E-state index in [0.717, 1.165) is 5.56 Å². The summed E-state index contributed by atoms with van der Waals surface area (Å²) in [6.07, 6.45) is 1.06. The summed E-state index contributed by atoms with van der Waals surface area (Å²) in [6.45, 7) is 2.34. The SMILES string of the molecule is CCOC(=O)n1c(C(C#N)=Cc2ccc(OCc3ccccc3)c(OC)c2)nc2ccccc21. The largest absolute Gasteiger partial charge is 0.493 e. The Morgan fingerprint density at radius 3 is 2.56 bits per heavy atom. The molecule has 4 aromatic rings. The van der Waals surface area contributed by atoms with Gasteiger partial charge >= 0.3 is 6.09 Å². The number of nitriles is 1. The Morgan fingerprint density at radius 1 is 1.06 bits per heavy atom. The van der Waals surface area contributed by atoms with Crippen molar-refractivity contribution < 1.29 is 19.0 Å². The van der Waals surface area contributed by atoms with E-state index >= 15 is 0 Å². The van der Waals surface area contributed by atoms with Crippen LogP contribution in [0, 0.1) is 11.3 Å². The maximum absolute atomic E-state index is 12.7. The van der Waals surface area contributed by atoms with Crippen LogP contribution in [0.25, 0.3) is 22.7 Å². The Morgan fingerprint density at radius 2 is 1.82 bits per heavy atom. The summed E-state index contributed by atoms with van der Waals surface area (Å²) in [7, 11) is 1.56. The van der Waals surface area contributed by atoms with E-state index in [0.29, 0.717) is 34.7 Å². The molecule has 0 saturated heterocycles. The Balaban J connectivity index is 1.69. The lowest BCUT2D eigenvalue weighted by molar-refractivity contribution is 0.154. The van der Waals surface area contributed by atoms with Crippen molar-refractivity contribution in [2.75, 3.05) is 13.7 Å². The molecule has 0 amide bonds. The highest BCUT2D eigenvalue weighted by Gasteiger charge is 2.20. The molecule has 0 radical (unpaired) electrons. The van der Waals surface area contributed by atoms with Crippen LogP contribution in [-0.4, -0.2) is 29.4 Å². The number of carbonyl (C=O) groups excluding carboxylic acids is 1. The molecule has 34 heavy (non-hydrogen) atoms. The Hall–Kier alpha value is -4.57. The van der Waals surface area contributed by atoms with Crippen molar-refractivity contribution in [3.05, 3.63) is 89.7 Å². The van der Waals surface area contributed by atoms with E-state index in [4.69, 9.17) is 14.2 Å². The Kier molecular flexibility index (Phi) is 6.89. The Bertz CT molecular complexity index is 1380. The van der Waals surface area contributed by atoms with Gasteiger partial charge in [-0.05, 0) is 48.4 Å². The monoisotopic (exact) mass is 453 g/mol. The highest BCUT2D eigenvalue weighted by molar-refractivity contribution is 5.96. The number of para-hydroxylation sites is 2. The van der Waals surface area contributed by atoms with Crippen LogP contribution in [-0.2, 0) is 11.3 Å². The zero-order valence-corrected chi connectivity index (χ0v) is 18.9. The second-order valence-corrected chi connectivity index (χ2v) is 7.31. The zero-order valence-electron chi connectivity index (χ0n) is 18.9. The molecule has 0 saturated carbocycles. The van der Waals surface area contributed by atoms with Gasteiger partial charge in [0.05, 0.1) is 30.3 Å². The van der Waals surface area contributed by atoms with Gasteiger partial charge in [-0.2, -0.15) is 5.26 Å². The number of nitrogens with zero attached hydrogens (tertiary/aromatic N) is 3. The van der Waals surface area contributed by atoms with Crippen LogP contribution < -0.4 is 9.47 Å². The van der Waals surface area contributed by atoms with E-state index < -0.39 is 6.09 Å². The number of hydrogen-bond acceptors (Lipinski definition) is 6. The molecule has 0 aliphatic heterocycles. The highest BCUT2D eigenvalue weighted by atomic mass is 16.5. The van der Waals surface area contributed by atoms with E-state index in [-0.39, 0.29) is 18.0 Å². The number of carbonyl (C=O) groups is 1. The van der Waals surface area contributed by atoms with E-state index in [9.17, 15) is 10.1 Å². The van der Waals surface area contributed by atoms with Crippen molar-refractivity contribution in [3.8, 4) is 17.6 Å². The fourth-order valence-corrected chi connectivity index (χ4v) is 3.52. The van der Waals surface area contributed by atoms with Gasteiger partial charge in [-0.3, -0.25) is 0 Å². The number of rotatable bonds is 7. The quantitative estimate of drug-likeness (QED) is 0.334. The normalized spacial score (nSPS) is 11.1. The molecule has 0 aliphatic carbocycles. The first-order chi connectivity index (χ1) is 16.6. The molecule has 0 fully saturated rings. The standard InChI is InChI=1S/C27H23N3O4/c1-3-33-27(31)30-23-12-8-7-11-22(23)29-26(30)21(17-28)15-20-13-14-24(25(16-20)32-2)34-18-19-9-5-4-6-10-19/h4-16H,3,18H2,1-2H3. The minimum Gasteiger partial charge on any atom is -0.493 e. The third-order valence-corrected chi connectivity index (χ3v) is 5.11. The summed E-state index contributed by atoms with van der Waals surface area (Å²) >= 11 is 0. The van der Waals surface area contributed by atoms with E-state index in [1.54, 1.807) is 50.4 Å². The second kappa shape index (κ2) is 10.4. The summed E-state index contributed by atoms with van der Waals surface area (Å²) in [4.78, 5) is 17.2. The number of methoxy groups -OCH3 is 1. The van der Waals surface area contributed by atoms with Gasteiger partial charge in [-0.15, -0.1) is 0 Å². The number of allylic oxidation sites excluding steroid dienone is 1. The van der Waals surface area contributed by atoms with Gasteiger partial charge in [0.25, 0.3) is 0 Å². The summed E-state index contributed by atoms with van der Waals surface area (Å²) in [6, 6.07) is 24.5. The molecule has 0 bridgehead atoms. The molecule has 0 spiro atoms.